The highest BCUT2D eigenvalue weighted by atomic mass is 16.3. The molecule has 2 N–H and O–H groups in total. The standard InChI is InChI=1S/C10H12N2O/c1-11-7-3-2-5-9-10(13)6-4-8-12-9/h4,6,8,11,13H,3,7H2,1H3. The van der Waals surface area contributed by atoms with Gasteiger partial charge in [-0.25, -0.2) is 4.98 Å². The topological polar surface area (TPSA) is 45.2 Å². The first-order chi connectivity index (χ1) is 6.34. The molecule has 1 heterocycles. The van der Waals surface area contributed by atoms with Crippen molar-refractivity contribution >= 4 is 0 Å². The van der Waals surface area contributed by atoms with Crippen LogP contribution >= 0.6 is 0 Å². The average molecular weight is 176 g/mol. The molecule has 1 rings (SSSR count). The van der Waals surface area contributed by atoms with Crippen molar-refractivity contribution in [3.63, 3.8) is 0 Å². The number of pyridine rings is 1. The molecular weight excluding hydrogens is 164 g/mol. The fraction of sp³-hybridized carbons (Fsp3) is 0.300. The fourth-order valence-corrected chi connectivity index (χ4v) is 0.827. The van der Waals surface area contributed by atoms with Crippen LogP contribution in [0.25, 0.3) is 0 Å². The third kappa shape index (κ3) is 3.14. The summed E-state index contributed by atoms with van der Waals surface area (Å²) in [5, 5.41) is 12.3. The van der Waals surface area contributed by atoms with E-state index in [-0.39, 0.29) is 5.75 Å². The molecule has 0 aliphatic carbocycles. The summed E-state index contributed by atoms with van der Waals surface area (Å²) in [6.45, 7) is 0.848. The van der Waals surface area contributed by atoms with E-state index in [2.05, 4.69) is 22.1 Å². The molecule has 0 spiro atoms. The third-order valence-corrected chi connectivity index (χ3v) is 1.49. The van der Waals surface area contributed by atoms with Crippen molar-refractivity contribution in [2.75, 3.05) is 13.6 Å². The van der Waals surface area contributed by atoms with Crippen LogP contribution in [0.5, 0.6) is 5.75 Å². The van der Waals surface area contributed by atoms with E-state index in [9.17, 15) is 5.11 Å². The van der Waals surface area contributed by atoms with Gasteiger partial charge in [-0.15, -0.1) is 0 Å². The van der Waals surface area contributed by atoms with Crippen molar-refractivity contribution in [2.24, 2.45) is 0 Å². The molecule has 0 amide bonds. The Morgan fingerprint density at radius 3 is 3.15 bits per heavy atom. The summed E-state index contributed by atoms with van der Waals surface area (Å²) in [6, 6.07) is 3.25. The molecule has 1 aromatic heterocycles. The fourth-order valence-electron chi connectivity index (χ4n) is 0.827. The van der Waals surface area contributed by atoms with Crippen LogP contribution in [0.4, 0.5) is 0 Å². The SMILES string of the molecule is CNCCC#Cc1ncccc1O. The number of nitrogens with one attached hydrogen (secondary N) is 1. The number of aromatic hydroxyl groups is 1. The lowest BCUT2D eigenvalue weighted by Gasteiger charge is -1.92. The molecule has 13 heavy (non-hydrogen) atoms. The van der Waals surface area contributed by atoms with E-state index < -0.39 is 0 Å². The first kappa shape index (κ1) is 9.56. The lowest BCUT2D eigenvalue weighted by molar-refractivity contribution is 0.471. The van der Waals surface area contributed by atoms with Gasteiger partial charge in [-0.3, -0.25) is 0 Å². The Morgan fingerprint density at radius 2 is 2.46 bits per heavy atom. The van der Waals surface area contributed by atoms with Crippen LogP contribution < -0.4 is 5.32 Å². The quantitative estimate of drug-likeness (QED) is 0.516. The maximum Gasteiger partial charge on any atom is 0.154 e. The van der Waals surface area contributed by atoms with Crippen LogP contribution in [0.1, 0.15) is 12.1 Å². The molecule has 1 aromatic rings. The van der Waals surface area contributed by atoms with E-state index in [0.29, 0.717) is 5.69 Å². The summed E-state index contributed by atoms with van der Waals surface area (Å²) in [4.78, 5) is 3.93. The van der Waals surface area contributed by atoms with E-state index in [1.807, 2.05) is 7.05 Å². The number of hydrogen-bond donors (Lipinski definition) is 2. The third-order valence-electron chi connectivity index (χ3n) is 1.49. The van der Waals surface area contributed by atoms with E-state index in [4.69, 9.17) is 0 Å². The van der Waals surface area contributed by atoms with Gasteiger partial charge in [0.05, 0.1) is 0 Å². The zero-order valence-electron chi connectivity index (χ0n) is 7.54. The van der Waals surface area contributed by atoms with E-state index in [1.165, 1.54) is 0 Å². The lowest BCUT2D eigenvalue weighted by Crippen LogP contribution is -2.05. The number of aromatic nitrogens is 1. The Morgan fingerprint density at radius 1 is 1.62 bits per heavy atom. The molecule has 0 saturated heterocycles. The highest BCUT2D eigenvalue weighted by Gasteiger charge is 1.94. The van der Waals surface area contributed by atoms with Crippen molar-refractivity contribution in [1.29, 1.82) is 0 Å². The minimum atomic E-state index is 0.138. The van der Waals surface area contributed by atoms with Gasteiger partial charge in [-0.05, 0) is 25.1 Å². The van der Waals surface area contributed by atoms with Crippen LogP contribution in [-0.4, -0.2) is 23.7 Å². The Hall–Kier alpha value is -1.53. The van der Waals surface area contributed by atoms with Crippen LogP contribution in [0.2, 0.25) is 0 Å². The maximum absolute atomic E-state index is 9.29. The Balaban J connectivity index is 2.61. The number of rotatable bonds is 2. The molecule has 0 atom stereocenters. The van der Waals surface area contributed by atoms with Gasteiger partial charge in [0.25, 0.3) is 0 Å². The normalized spacial score (nSPS) is 9.00. The second-order valence-electron chi connectivity index (χ2n) is 2.53. The summed E-state index contributed by atoms with van der Waals surface area (Å²) in [6.07, 6.45) is 2.37. The number of hydrogen-bond acceptors (Lipinski definition) is 3. The van der Waals surface area contributed by atoms with E-state index >= 15 is 0 Å². The highest BCUT2D eigenvalue weighted by Crippen LogP contribution is 2.10. The lowest BCUT2D eigenvalue weighted by atomic mass is 10.3. The molecule has 0 aliphatic rings. The molecule has 0 aromatic carbocycles. The largest absolute Gasteiger partial charge is 0.505 e. The molecule has 0 aliphatic heterocycles. The van der Waals surface area contributed by atoms with Crippen LogP contribution in [0, 0.1) is 11.8 Å². The van der Waals surface area contributed by atoms with Gasteiger partial charge < -0.3 is 10.4 Å². The molecule has 0 radical (unpaired) electrons. The molecule has 68 valence electrons. The first-order valence-corrected chi connectivity index (χ1v) is 4.12. The molecule has 0 fully saturated rings. The van der Waals surface area contributed by atoms with Crippen LogP contribution in [0.15, 0.2) is 18.3 Å². The maximum atomic E-state index is 9.29. The molecule has 3 nitrogen and oxygen atoms in total. The van der Waals surface area contributed by atoms with Gasteiger partial charge in [-0.2, -0.15) is 0 Å². The van der Waals surface area contributed by atoms with E-state index in [1.54, 1.807) is 18.3 Å². The Kier molecular flexibility index (Phi) is 3.80. The molecule has 0 unspecified atom stereocenters. The summed E-state index contributed by atoms with van der Waals surface area (Å²) in [5.41, 5.74) is 0.443. The van der Waals surface area contributed by atoms with Gasteiger partial charge in [0.1, 0.15) is 5.75 Å². The van der Waals surface area contributed by atoms with Gasteiger partial charge >= 0.3 is 0 Å². The minimum Gasteiger partial charge on any atom is -0.505 e. The zero-order chi connectivity index (χ0) is 9.52. The predicted molar refractivity (Wildman–Crippen MR) is 51.3 cm³/mol. The highest BCUT2D eigenvalue weighted by molar-refractivity contribution is 5.38. The van der Waals surface area contributed by atoms with Gasteiger partial charge in [0.15, 0.2) is 5.69 Å². The Labute approximate surface area is 77.8 Å². The van der Waals surface area contributed by atoms with Crippen molar-refractivity contribution in [1.82, 2.24) is 10.3 Å². The monoisotopic (exact) mass is 176 g/mol. The van der Waals surface area contributed by atoms with Crippen molar-refractivity contribution < 1.29 is 5.11 Å². The minimum absolute atomic E-state index is 0.138. The van der Waals surface area contributed by atoms with E-state index in [0.717, 1.165) is 13.0 Å². The van der Waals surface area contributed by atoms with Crippen molar-refractivity contribution in [2.45, 2.75) is 6.42 Å². The predicted octanol–water partition coefficient (Wildman–Crippen LogP) is 0.748. The van der Waals surface area contributed by atoms with Crippen LogP contribution in [-0.2, 0) is 0 Å². The summed E-state index contributed by atoms with van der Waals surface area (Å²) in [7, 11) is 1.87. The summed E-state index contributed by atoms with van der Waals surface area (Å²) < 4.78 is 0. The second kappa shape index (κ2) is 5.18. The second-order valence-corrected chi connectivity index (χ2v) is 2.53. The molecular formula is C10H12N2O. The van der Waals surface area contributed by atoms with Crippen molar-refractivity contribution in [3.8, 4) is 17.6 Å². The first-order valence-electron chi connectivity index (χ1n) is 4.12. The molecule has 0 saturated carbocycles. The van der Waals surface area contributed by atoms with Gasteiger partial charge in [-0.1, -0.05) is 5.92 Å². The smallest absolute Gasteiger partial charge is 0.154 e. The van der Waals surface area contributed by atoms with Gasteiger partial charge in [0, 0.05) is 19.2 Å². The van der Waals surface area contributed by atoms with Gasteiger partial charge in [0.2, 0.25) is 0 Å². The number of nitrogens with zero attached hydrogens (tertiary/aromatic N) is 1. The summed E-state index contributed by atoms with van der Waals surface area (Å²) in [5.74, 6) is 5.84. The zero-order valence-corrected chi connectivity index (χ0v) is 7.54. The molecule has 3 heteroatoms. The summed E-state index contributed by atoms with van der Waals surface area (Å²) >= 11 is 0. The van der Waals surface area contributed by atoms with Crippen molar-refractivity contribution in [3.05, 3.63) is 24.0 Å². The Bertz CT molecular complexity index is 325. The average Bonchev–Trinajstić information content (AvgIpc) is 2.15. The molecule has 0 bridgehead atoms. The van der Waals surface area contributed by atoms with Crippen LogP contribution in [0.3, 0.4) is 0 Å².